The molecule has 0 aromatic carbocycles. The Labute approximate surface area is 154 Å². The monoisotopic (exact) mass is 436 g/mol. The van der Waals surface area contributed by atoms with Crippen LogP contribution in [0.5, 0.6) is 0 Å². The summed E-state index contributed by atoms with van der Waals surface area (Å²) in [5.41, 5.74) is 0. The molecule has 1 unspecified atom stereocenters. The molecule has 0 spiro atoms. The summed E-state index contributed by atoms with van der Waals surface area (Å²) in [4.78, 5) is 15.0. The van der Waals surface area contributed by atoms with Crippen molar-refractivity contribution in [2.75, 3.05) is 44.3 Å². The van der Waals surface area contributed by atoms with Gasteiger partial charge in [0.2, 0.25) is 0 Å². The van der Waals surface area contributed by atoms with Crippen LogP contribution < -0.4 is 10.6 Å². The maximum Gasteiger partial charge on any atom is 0.193 e. The number of nitrogens with one attached hydrogen (secondary N) is 2. The molecular formula is C14H25IN6S. The minimum atomic E-state index is 0. The number of hydrogen-bond donors (Lipinski definition) is 2. The van der Waals surface area contributed by atoms with Crippen LogP contribution in [-0.4, -0.2) is 65.1 Å². The molecule has 8 heteroatoms. The zero-order chi connectivity index (χ0) is 14.9. The van der Waals surface area contributed by atoms with Gasteiger partial charge in [-0.05, 0) is 6.42 Å². The van der Waals surface area contributed by atoms with E-state index in [1.807, 2.05) is 7.05 Å². The first-order valence-electron chi connectivity index (χ1n) is 7.40. The van der Waals surface area contributed by atoms with Crippen LogP contribution in [0.3, 0.4) is 0 Å². The fourth-order valence-corrected chi connectivity index (χ4v) is 3.43. The van der Waals surface area contributed by atoms with Crippen molar-refractivity contribution in [3.05, 3.63) is 18.6 Å². The van der Waals surface area contributed by atoms with Gasteiger partial charge in [-0.2, -0.15) is 11.8 Å². The highest BCUT2D eigenvalue weighted by Crippen LogP contribution is 2.20. The summed E-state index contributed by atoms with van der Waals surface area (Å²) in [6.07, 6.45) is 6.30. The van der Waals surface area contributed by atoms with Gasteiger partial charge in [0.05, 0.1) is 6.20 Å². The van der Waals surface area contributed by atoms with E-state index in [1.165, 1.54) is 12.2 Å². The predicted octanol–water partition coefficient (Wildman–Crippen LogP) is 1.91. The van der Waals surface area contributed by atoms with Crippen molar-refractivity contribution in [3.8, 4) is 0 Å². The van der Waals surface area contributed by atoms with Gasteiger partial charge in [0.15, 0.2) is 5.96 Å². The number of anilines is 1. The van der Waals surface area contributed by atoms with Crippen molar-refractivity contribution in [3.63, 3.8) is 0 Å². The Morgan fingerprint density at radius 2 is 2.32 bits per heavy atom. The molecule has 6 nitrogen and oxygen atoms in total. The van der Waals surface area contributed by atoms with Crippen LogP contribution in [0, 0.1) is 0 Å². The van der Waals surface area contributed by atoms with E-state index in [9.17, 15) is 0 Å². The molecule has 0 amide bonds. The highest BCUT2D eigenvalue weighted by molar-refractivity contribution is 14.0. The number of aliphatic imine (C=N–C) groups is 1. The summed E-state index contributed by atoms with van der Waals surface area (Å²) in [6, 6.07) is 0. The topological polar surface area (TPSA) is 65.4 Å². The molecule has 1 aromatic heterocycles. The Hall–Kier alpha value is -0.770. The van der Waals surface area contributed by atoms with Crippen molar-refractivity contribution in [2.45, 2.75) is 18.6 Å². The van der Waals surface area contributed by atoms with Gasteiger partial charge in [0, 0.05) is 56.6 Å². The lowest BCUT2D eigenvalue weighted by Crippen LogP contribution is -2.48. The largest absolute Gasteiger partial charge is 0.367 e. The van der Waals surface area contributed by atoms with E-state index in [1.54, 1.807) is 18.6 Å². The standard InChI is InChI=1S/C14H24N6S.HI/c1-3-12-11-20(8-9-21-12)14(15-2)19-7-6-18-13-10-16-4-5-17-13;/h4-5,10,12H,3,6-9,11H2,1-2H3,(H,15,19)(H,17,18);1H. The molecule has 1 aromatic rings. The zero-order valence-corrected chi connectivity index (χ0v) is 16.3. The summed E-state index contributed by atoms with van der Waals surface area (Å²) in [5, 5.41) is 7.36. The van der Waals surface area contributed by atoms with Gasteiger partial charge in [-0.3, -0.25) is 9.98 Å². The maximum absolute atomic E-state index is 4.39. The van der Waals surface area contributed by atoms with Gasteiger partial charge in [0.25, 0.3) is 0 Å². The molecule has 1 atom stereocenters. The number of hydrogen-bond acceptors (Lipinski definition) is 5. The molecule has 0 radical (unpaired) electrons. The zero-order valence-electron chi connectivity index (χ0n) is 13.2. The lowest BCUT2D eigenvalue weighted by Gasteiger charge is -2.34. The number of rotatable bonds is 5. The normalized spacial score (nSPS) is 18.5. The van der Waals surface area contributed by atoms with E-state index >= 15 is 0 Å². The molecule has 2 heterocycles. The Morgan fingerprint density at radius 1 is 1.45 bits per heavy atom. The van der Waals surface area contributed by atoms with Crippen LogP contribution in [0.2, 0.25) is 0 Å². The number of nitrogens with zero attached hydrogens (tertiary/aromatic N) is 4. The first-order chi connectivity index (χ1) is 10.3. The molecule has 0 saturated carbocycles. The molecule has 1 aliphatic heterocycles. The molecule has 124 valence electrons. The van der Waals surface area contributed by atoms with E-state index in [4.69, 9.17) is 0 Å². The average molecular weight is 436 g/mol. The fourth-order valence-electron chi connectivity index (χ4n) is 2.25. The summed E-state index contributed by atoms with van der Waals surface area (Å²) in [5.74, 6) is 2.97. The van der Waals surface area contributed by atoms with Crippen LogP contribution in [0.15, 0.2) is 23.6 Å². The number of guanidine groups is 1. The quantitative estimate of drug-likeness (QED) is 0.318. The summed E-state index contributed by atoms with van der Waals surface area (Å²) in [6.45, 7) is 6.00. The van der Waals surface area contributed by atoms with Gasteiger partial charge >= 0.3 is 0 Å². The molecule has 0 bridgehead atoms. The number of aromatic nitrogens is 2. The smallest absolute Gasteiger partial charge is 0.193 e. The summed E-state index contributed by atoms with van der Waals surface area (Å²) < 4.78 is 0. The van der Waals surface area contributed by atoms with Crippen molar-refractivity contribution < 1.29 is 0 Å². The lowest BCUT2D eigenvalue weighted by atomic mass is 10.3. The number of halogens is 1. The molecule has 1 fully saturated rings. The molecule has 22 heavy (non-hydrogen) atoms. The molecule has 1 saturated heterocycles. The van der Waals surface area contributed by atoms with E-state index in [2.05, 4.69) is 49.2 Å². The van der Waals surface area contributed by atoms with Gasteiger partial charge < -0.3 is 15.5 Å². The average Bonchev–Trinajstić information content (AvgIpc) is 2.56. The SMILES string of the molecule is CCC1CN(C(=NC)NCCNc2cnccn2)CCS1.I. The number of thioether (sulfide) groups is 1. The second-order valence-corrected chi connectivity index (χ2v) is 6.25. The third kappa shape index (κ3) is 6.15. The van der Waals surface area contributed by atoms with Crippen LogP contribution in [-0.2, 0) is 0 Å². The van der Waals surface area contributed by atoms with E-state index in [-0.39, 0.29) is 24.0 Å². The van der Waals surface area contributed by atoms with Gasteiger partial charge in [-0.15, -0.1) is 24.0 Å². The van der Waals surface area contributed by atoms with Gasteiger partial charge in [-0.1, -0.05) is 6.92 Å². The molecular weight excluding hydrogens is 411 g/mol. The Kier molecular flexibility index (Phi) is 9.53. The first kappa shape index (κ1) is 19.3. The minimum Gasteiger partial charge on any atom is -0.367 e. The van der Waals surface area contributed by atoms with Crippen molar-refractivity contribution >= 4 is 47.5 Å². The molecule has 2 rings (SSSR count). The first-order valence-corrected chi connectivity index (χ1v) is 8.45. The van der Waals surface area contributed by atoms with Crippen LogP contribution in [0.1, 0.15) is 13.3 Å². The summed E-state index contributed by atoms with van der Waals surface area (Å²) in [7, 11) is 1.85. The van der Waals surface area contributed by atoms with E-state index < -0.39 is 0 Å². The van der Waals surface area contributed by atoms with Gasteiger partial charge in [0.1, 0.15) is 5.82 Å². The van der Waals surface area contributed by atoms with Crippen molar-refractivity contribution in [2.24, 2.45) is 4.99 Å². The lowest BCUT2D eigenvalue weighted by molar-refractivity contribution is 0.409. The highest BCUT2D eigenvalue weighted by Gasteiger charge is 2.21. The van der Waals surface area contributed by atoms with E-state index in [0.717, 1.165) is 43.2 Å². The summed E-state index contributed by atoms with van der Waals surface area (Å²) >= 11 is 2.07. The van der Waals surface area contributed by atoms with E-state index in [0.29, 0.717) is 0 Å². The highest BCUT2D eigenvalue weighted by atomic mass is 127. The third-order valence-electron chi connectivity index (χ3n) is 3.38. The van der Waals surface area contributed by atoms with Crippen LogP contribution in [0.4, 0.5) is 5.82 Å². The van der Waals surface area contributed by atoms with Crippen LogP contribution >= 0.6 is 35.7 Å². The Morgan fingerprint density at radius 3 is 3.00 bits per heavy atom. The van der Waals surface area contributed by atoms with Gasteiger partial charge in [-0.25, -0.2) is 4.98 Å². The molecule has 2 N–H and O–H groups in total. The van der Waals surface area contributed by atoms with Crippen molar-refractivity contribution in [1.29, 1.82) is 0 Å². The predicted molar refractivity (Wildman–Crippen MR) is 105 cm³/mol. The second kappa shape index (κ2) is 10.9. The second-order valence-electron chi connectivity index (χ2n) is 4.84. The van der Waals surface area contributed by atoms with Crippen molar-refractivity contribution in [1.82, 2.24) is 20.2 Å². The fraction of sp³-hybridized carbons (Fsp3) is 0.643. The Bertz CT molecular complexity index is 444. The van der Waals surface area contributed by atoms with Crippen LogP contribution in [0.25, 0.3) is 0 Å². The molecule has 0 aliphatic carbocycles. The Balaban J connectivity index is 0.00000242. The third-order valence-corrected chi connectivity index (χ3v) is 4.75. The molecule has 1 aliphatic rings. The maximum atomic E-state index is 4.39. The minimum absolute atomic E-state index is 0.